The van der Waals surface area contributed by atoms with Crippen LogP contribution in [-0.4, -0.2) is 18.6 Å². The Hall–Kier alpha value is -1.23. The quantitative estimate of drug-likeness (QED) is 0.875. The van der Waals surface area contributed by atoms with Crippen LogP contribution in [0, 0.1) is 0 Å². The monoisotopic (exact) mass is 276 g/mol. The van der Waals surface area contributed by atoms with Crippen LogP contribution < -0.4 is 5.32 Å². The van der Waals surface area contributed by atoms with Crippen molar-refractivity contribution in [2.45, 2.75) is 26.5 Å². The third-order valence-electron chi connectivity index (χ3n) is 2.95. The highest BCUT2D eigenvalue weighted by atomic mass is 32.1. The van der Waals surface area contributed by atoms with E-state index in [0.717, 1.165) is 17.1 Å². The largest absolute Gasteiger partial charge is 0.380 e. The molecular weight excluding hydrogens is 256 g/mol. The summed E-state index contributed by atoms with van der Waals surface area (Å²) >= 11 is 1.75. The Labute approximate surface area is 118 Å². The number of rotatable bonds is 6. The van der Waals surface area contributed by atoms with E-state index in [9.17, 15) is 0 Å². The lowest BCUT2D eigenvalue weighted by molar-refractivity contribution is 0.185. The number of methoxy groups -OCH3 is 1. The van der Waals surface area contributed by atoms with Crippen molar-refractivity contribution in [3.05, 3.63) is 40.9 Å². The second kappa shape index (κ2) is 6.80. The maximum Gasteiger partial charge on any atom is 0.123 e. The van der Waals surface area contributed by atoms with Gasteiger partial charge < -0.3 is 10.1 Å². The molecule has 19 heavy (non-hydrogen) atoms. The summed E-state index contributed by atoms with van der Waals surface area (Å²) < 4.78 is 5.17. The van der Waals surface area contributed by atoms with Crippen LogP contribution in [-0.2, 0) is 11.3 Å². The van der Waals surface area contributed by atoms with Crippen molar-refractivity contribution in [1.82, 2.24) is 10.3 Å². The zero-order valence-corrected chi connectivity index (χ0v) is 12.5. The summed E-state index contributed by atoms with van der Waals surface area (Å²) in [5.41, 5.74) is 2.34. The SMILES string of the molecule is CCNC(C)c1cnc(-c2cccc(COC)c2)s1. The summed E-state index contributed by atoms with van der Waals surface area (Å²) in [5.74, 6) is 0. The first kappa shape index (κ1) is 14.2. The zero-order chi connectivity index (χ0) is 13.7. The molecule has 102 valence electrons. The van der Waals surface area contributed by atoms with Gasteiger partial charge in [0.2, 0.25) is 0 Å². The Morgan fingerprint density at radius 2 is 2.26 bits per heavy atom. The average molecular weight is 276 g/mol. The molecule has 3 nitrogen and oxygen atoms in total. The van der Waals surface area contributed by atoms with E-state index in [1.54, 1.807) is 18.4 Å². The maximum absolute atomic E-state index is 5.17. The molecule has 2 aromatic rings. The van der Waals surface area contributed by atoms with Gasteiger partial charge in [-0.3, -0.25) is 0 Å². The fourth-order valence-corrected chi connectivity index (χ4v) is 2.93. The highest BCUT2D eigenvalue weighted by Crippen LogP contribution is 2.29. The predicted octanol–water partition coefficient (Wildman–Crippen LogP) is 3.63. The lowest BCUT2D eigenvalue weighted by atomic mass is 10.1. The molecule has 0 bridgehead atoms. The number of thiazole rings is 1. The van der Waals surface area contributed by atoms with Gasteiger partial charge >= 0.3 is 0 Å². The molecule has 0 aliphatic rings. The number of nitrogens with zero attached hydrogens (tertiary/aromatic N) is 1. The van der Waals surface area contributed by atoms with Crippen LogP contribution in [0.3, 0.4) is 0 Å². The summed E-state index contributed by atoms with van der Waals surface area (Å²) in [7, 11) is 1.71. The Kier molecular flexibility index (Phi) is 5.07. The van der Waals surface area contributed by atoms with E-state index >= 15 is 0 Å². The summed E-state index contributed by atoms with van der Waals surface area (Å²) in [6, 6.07) is 8.73. The van der Waals surface area contributed by atoms with E-state index in [0.29, 0.717) is 12.6 Å². The van der Waals surface area contributed by atoms with Gasteiger partial charge in [0.1, 0.15) is 5.01 Å². The van der Waals surface area contributed by atoms with E-state index in [-0.39, 0.29) is 0 Å². The molecular formula is C15H20N2OS. The smallest absolute Gasteiger partial charge is 0.123 e. The number of benzene rings is 1. The number of hydrogen-bond acceptors (Lipinski definition) is 4. The number of aromatic nitrogens is 1. The summed E-state index contributed by atoms with van der Waals surface area (Å²) in [5, 5.41) is 4.48. The van der Waals surface area contributed by atoms with Crippen molar-refractivity contribution in [3.8, 4) is 10.6 Å². The van der Waals surface area contributed by atoms with Crippen molar-refractivity contribution < 1.29 is 4.74 Å². The summed E-state index contributed by atoms with van der Waals surface area (Å²) in [4.78, 5) is 5.80. The van der Waals surface area contributed by atoms with Gasteiger partial charge in [-0.05, 0) is 25.1 Å². The number of ether oxygens (including phenoxy) is 1. The molecule has 1 aromatic carbocycles. The van der Waals surface area contributed by atoms with Crippen molar-refractivity contribution in [2.24, 2.45) is 0 Å². The third kappa shape index (κ3) is 3.62. The van der Waals surface area contributed by atoms with E-state index in [4.69, 9.17) is 4.74 Å². The van der Waals surface area contributed by atoms with E-state index in [2.05, 4.69) is 48.4 Å². The molecule has 4 heteroatoms. The lowest BCUT2D eigenvalue weighted by Crippen LogP contribution is -2.16. The molecule has 1 unspecified atom stereocenters. The first-order valence-corrected chi connectivity index (χ1v) is 7.33. The van der Waals surface area contributed by atoms with Gasteiger partial charge in [-0.25, -0.2) is 4.98 Å². The van der Waals surface area contributed by atoms with Crippen LogP contribution >= 0.6 is 11.3 Å². The third-order valence-corrected chi connectivity index (χ3v) is 4.17. The van der Waals surface area contributed by atoms with Gasteiger partial charge in [-0.15, -0.1) is 11.3 Å². The summed E-state index contributed by atoms with van der Waals surface area (Å²) in [6.45, 7) is 5.90. The second-order valence-electron chi connectivity index (χ2n) is 4.48. The molecule has 0 radical (unpaired) electrons. The second-order valence-corrected chi connectivity index (χ2v) is 5.54. The van der Waals surface area contributed by atoms with Crippen molar-refractivity contribution in [1.29, 1.82) is 0 Å². The molecule has 0 saturated heterocycles. The zero-order valence-electron chi connectivity index (χ0n) is 11.6. The standard InChI is InChI=1S/C15H20N2OS/c1-4-16-11(2)14-9-17-15(19-14)13-7-5-6-12(8-13)10-18-3/h5-9,11,16H,4,10H2,1-3H3. The molecule has 1 aromatic heterocycles. The minimum absolute atomic E-state index is 0.360. The minimum atomic E-state index is 0.360. The molecule has 1 atom stereocenters. The number of hydrogen-bond donors (Lipinski definition) is 1. The molecule has 0 fully saturated rings. The molecule has 0 spiro atoms. The highest BCUT2D eigenvalue weighted by molar-refractivity contribution is 7.15. The maximum atomic E-state index is 5.17. The van der Waals surface area contributed by atoms with Gasteiger partial charge in [-0.1, -0.05) is 25.1 Å². The highest BCUT2D eigenvalue weighted by Gasteiger charge is 2.10. The molecule has 2 rings (SSSR count). The van der Waals surface area contributed by atoms with E-state index in [1.165, 1.54) is 10.4 Å². The first-order chi connectivity index (χ1) is 9.24. The van der Waals surface area contributed by atoms with Gasteiger partial charge in [0.25, 0.3) is 0 Å². The average Bonchev–Trinajstić information content (AvgIpc) is 2.89. The Morgan fingerprint density at radius 1 is 1.42 bits per heavy atom. The van der Waals surface area contributed by atoms with Crippen molar-refractivity contribution >= 4 is 11.3 Å². The lowest BCUT2D eigenvalue weighted by Gasteiger charge is -2.08. The van der Waals surface area contributed by atoms with Crippen LogP contribution in [0.5, 0.6) is 0 Å². The van der Waals surface area contributed by atoms with Gasteiger partial charge in [-0.2, -0.15) is 0 Å². The van der Waals surface area contributed by atoms with Crippen LogP contribution in [0.4, 0.5) is 0 Å². The molecule has 0 aliphatic carbocycles. The van der Waals surface area contributed by atoms with Crippen molar-refractivity contribution in [3.63, 3.8) is 0 Å². The minimum Gasteiger partial charge on any atom is -0.380 e. The molecule has 1 N–H and O–H groups in total. The first-order valence-electron chi connectivity index (χ1n) is 6.52. The Balaban J connectivity index is 2.20. The molecule has 0 amide bonds. The fraction of sp³-hybridized carbons (Fsp3) is 0.400. The molecule has 1 heterocycles. The Bertz CT molecular complexity index is 524. The Morgan fingerprint density at radius 3 is 3.00 bits per heavy atom. The van der Waals surface area contributed by atoms with Gasteiger partial charge in [0.05, 0.1) is 6.61 Å². The van der Waals surface area contributed by atoms with Crippen LogP contribution in [0.25, 0.3) is 10.6 Å². The van der Waals surface area contributed by atoms with Gasteiger partial charge in [0.15, 0.2) is 0 Å². The van der Waals surface area contributed by atoms with Gasteiger partial charge in [0, 0.05) is 29.8 Å². The van der Waals surface area contributed by atoms with E-state index in [1.807, 2.05) is 6.20 Å². The van der Waals surface area contributed by atoms with E-state index < -0.39 is 0 Å². The van der Waals surface area contributed by atoms with Crippen LogP contribution in [0.15, 0.2) is 30.5 Å². The van der Waals surface area contributed by atoms with Crippen LogP contribution in [0.1, 0.15) is 30.3 Å². The summed E-state index contributed by atoms with van der Waals surface area (Å²) in [6.07, 6.45) is 1.97. The normalized spacial score (nSPS) is 12.6. The topological polar surface area (TPSA) is 34.2 Å². The molecule has 0 aliphatic heterocycles. The van der Waals surface area contributed by atoms with Crippen molar-refractivity contribution in [2.75, 3.05) is 13.7 Å². The predicted molar refractivity (Wildman–Crippen MR) is 80.4 cm³/mol. The van der Waals surface area contributed by atoms with Crippen LogP contribution in [0.2, 0.25) is 0 Å². The fourth-order valence-electron chi connectivity index (χ4n) is 1.99. The number of nitrogens with one attached hydrogen (secondary N) is 1. The molecule has 0 saturated carbocycles.